The van der Waals surface area contributed by atoms with Crippen molar-refractivity contribution in [2.45, 2.75) is 26.3 Å². The van der Waals surface area contributed by atoms with Crippen molar-refractivity contribution in [1.29, 1.82) is 0 Å². The quantitative estimate of drug-likeness (QED) is 0.822. The molecule has 17 heavy (non-hydrogen) atoms. The van der Waals surface area contributed by atoms with Crippen molar-refractivity contribution < 1.29 is 9.32 Å². The number of nitrogens with zero attached hydrogens (tertiary/aromatic N) is 3. The minimum Gasteiger partial charge on any atom is -0.359 e. The summed E-state index contributed by atoms with van der Waals surface area (Å²) in [6.07, 6.45) is 1.79. The molecule has 1 aromatic rings. The highest BCUT2D eigenvalue weighted by Crippen LogP contribution is 2.18. The Labute approximate surface area is 100 Å². The van der Waals surface area contributed by atoms with Crippen LogP contribution in [0.25, 0.3) is 0 Å². The van der Waals surface area contributed by atoms with Crippen LogP contribution in [0.4, 0.5) is 0 Å². The van der Waals surface area contributed by atoms with Crippen LogP contribution in [0.15, 0.2) is 4.52 Å². The van der Waals surface area contributed by atoms with E-state index in [1.165, 1.54) is 0 Å². The Morgan fingerprint density at radius 2 is 2.24 bits per heavy atom. The second kappa shape index (κ2) is 5.27. The summed E-state index contributed by atoms with van der Waals surface area (Å²) in [6, 6.07) is 0. The maximum atomic E-state index is 11.5. The topological polar surface area (TPSA) is 71.3 Å². The molecule has 0 aromatic carbocycles. The number of hydrogen-bond donors (Lipinski definition) is 1. The molecule has 0 saturated carbocycles. The molecule has 6 heteroatoms. The summed E-state index contributed by atoms with van der Waals surface area (Å²) in [5.74, 6) is 1.63. The van der Waals surface area contributed by atoms with E-state index in [0.717, 1.165) is 25.9 Å². The highest BCUT2D eigenvalue weighted by atomic mass is 16.5. The zero-order valence-electron chi connectivity index (χ0n) is 10.3. The van der Waals surface area contributed by atoms with Gasteiger partial charge in [0.05, 0.1) is 6.54 Å². The van der Waals surface area contributed by atoms with E-state index in [2.05, 4.69) is 20.4 Å². The van der Waals surface area contributed by atoms with E-state index < -0.39 is 0 Å². The lowest BCUT2D eigenvalue weighted by Gasteiger charge is -2.29. The molecule has 1 amide bonds. The number of aryl methyl sites for hydroxylation is 1. The summed E-state index contributed by atoms with van der Waals surface area (Å²) >= 11 is 0. The molecule has 6 nitrogen and oxygen atoms in total. The fourth-order valence-electron chi connectivity index (χ4n) is 2.15. The van der Waals surface area contributed by atoms with Crippen molar-refractivity contribution in [2.24, 2.45) is 5.92 Å². The van der Waals surface area contributed by atoms with Gasteiger partial charge in [0.1, 0.15) is 0 Å². The number of amides is 1. The van der Waals surface area contributed by atoms with Gasteiger partial charge in [-0.3, -0.25) is 9.69 Å². The average Bonchev–Trinajstić information content (AvgIpc) is 2.75. The van der Waals surface area contributed by atoms with Crippen LogP contribution in [0.1, 0.15) is 24.6 Å². The minimum absolute atomic E-state index is 0.151. The van der Waals surface area contributed by atoms with Crippen molar-refractivity contribution in [3.63, 3.8) is 0 Å². The lowest BCUT2D eigenvalue weighted by Crippen LogP contribution is -2.39. The number of aromatic nitrogens is 2. The van der Waals surface area contributed by atoms with Crippen LogP contribution < -0.4 is 5.32 Å². The van der Waals surface area contributed by atoms with Gasteiger partial charge in [-0.05, 0) is 32.9 Å². The molecule has 2 rings (SSSR count). The number of carbonyl (C=O) groups excluding carboxylic acids is 1. The van der Waals surface area contributed by atoms with Crippen LogP contribution in [-0.2, 0) is 11.3 Å². The number of rotatable bonds is 3. The molecular formula is C11H18N4O2. The average molecular weight is 238 g/mol. The Kier molecular flexibility index (Phi) is 3.73. The lowest BCUT2D eigenvalue weighted by atomic mass is 9.96. The standard InChI is InChI=1S/C11H18N4O2/c1-8-13-10(17-14-8)7-15-5-3-9(4-6-15)11(16)12-2/h9H,3-7H2,1-2H3,(H,12,16). The monoisotopic (exact) mass is 238 g/mol. The Hall–Kier alpha value is -1.43. The van der Waals surface area contributed by atoms with Crippen LogP contribution >= 0.6 is 0 Å². The second-order valence-electron chi connectivity index (χ2n) is 4.40. The van der Waals surface area contributed by atoms with Crippen molar-refractivity contribution in [3.8, 4) is 0 Å². The van der Waals surface area contributed by atoms with E-state index in [1.807, 2.05) is 6.92 Å². The van der Waals surface area contributed by atoms with Crippen LogP contribution in [-0.4, -0.2) is 41.1 Å². The molecule has 1 N–H and O–H groups in total. The Balaban J connectivity index is 1.81. The third-order valence-corrected chi connectivity index (χ3v) is 3.13. The number of nitrogens with one attached hydrogen (secondary N) is 1. The van der Waals surface area contributed by atoms with Crippen LogP contribution in [0.5, 0.6) is 0 Å². The first-order valence-electron chi connectivity index (χ1n) is 5.92. The molecule has 0 aliphatic carbocycles. The van der Waals surface area contributed by atoms with Gasteiger partial charge in [0, 0.05) is 13.0 Å². The van der Waals surface area contributed by atoms with Gasteiger partial charge < -0.3 is 9.84 Å². The van der Waals surface area contributed by atoms with E-state index >= 15 is 0 Å². The predicted molar refractivity (Wildman–Crippen MR) is 61.1 cm³/mol. The van der Waals surface area contributed by atoms with Crippen molar-refractivity contribution in [2.75, 3.05) is 20.1 Å². The molecule has 94 valence electrons. The fraction of sp³-hybridized carbons (Fsp3) is 0.727. The maximum absolute atomic E-state index is 11.5. The van der Waals surface area contributed by atoms with Gasteiger partial charge in [-0.1, -0.05) is 5.16 Å². The molecule has 0 spiro atoms. The van der Waals surface area contributed by atoms with E-state index in [1.54, 1.807) is 7.05 Å². The van der Waals surface area contributed by atoms with Crippen molar-refractivity contribution >= 4 is 5.91 Å². The molecule has 0 atom stereocenters. The fourth-order valence-corrected chi connectivity index (χ4v) is 2.15. The Morgan fingerprint density at radius 1 is 1.53 bits per heavy atom. The highest BCUT2D eigenvalue weighted by Gasteiger charge is 2.24. The van der Waals surface area contributed by atoms with Crippen molar-refractivity contribution in [3.05, 3.63) is 11.7 Å². The molecule has 1 aliphatic heterocycles. The van der Waals surface area contributed by atoms with Crippen molar-refractivity contribution in [1.82, 2.24) is 20.4 Å². The van der Waals surface area contributed by atoms with Gasteiger partial charge in [-0.25, -0.2) is 0 Å². The smallest absolute Gasteiger partial charge is 0.240 e. The second-order valence-corrected chi connectivity index (χ2v) is 4.40. The zero-order valence-corrected chi connectivity index (χ0v) is 10.3. The number of carbonyl (C=O) groups is 1. The van der Waals surface area contributed by atoms with Gasteiger partial charge in [0.2, 0.25) is 11.8 Å². The van der Waals surface area contributed by atoms with Crippen LogP contribution in [0, 0.1) is 12.8 Å². The van der Waals surface area contributed by atoms with Gasteiger partial charge >= 0.3 is 0 Å². The molecule has 2 heterocycles. The Bertz CT molecular complexity index is 383. The zero-order chi connectivity index (χ0) is 12.3. The first-order chi connectivity index (χ1) is 8.19. The third kappa shape index (κ3) is 3.03. The largest absolute Gasteiger partial charge is 0.359 e. The van der Waals surface area contributed by atoms with Gasteiger partial charge in [0.15, 0.2) is 5.82 Å². The predicted octanol–water partition coefficient (Wildman–Crippen LogP) is 0.336. The number of likely N-dealkylation sites (tertiary alicyclic amines) is 1. The summed E-state index contributed by atoms with van der Waals surface area (Å²) in [6.45, 7) is 4.30. The van der Waals surface area contributed by atoms with Gasteiger partial charge in [-0.15, -0.1) is 0 Å². The summed E-state index contributed by atoms with van der Waals surface area (Å²) in [4.78, 5) is 17.9. The SMILES string of the molecule is CNC(=O)C1CCN(Cc2nc(C)no2)CC1. The molecule has 0 unspecified atom stereocenters. The molecule has 1 aromatic heterocycles. The summed E-state index contributed by atoms with van der Waals surface area (Å²) in [7, 11) is 1.69. The first kappa shape index (κ1) is 12.0. The third-order valence-electron chi connectivity index (χ3n) is 3.13. The van der Waals surface area contributed by atoms with Crippen LogP contribution in [0.3, 0.4) is 0 Å². The first-order valence-corrected chi connectivity index (χ1v) is 5.92. The van der Waals surface area contributed by atoms with Gasteiger partial charge in [-0.2, -0.15) is 4.98 Å². The maximum Gasteiger partial charge on any atom is 0.240 e. The number of piperidine rings is 1. The summed E-state index contributed by atoms with van der Waals surface area (Å²) < 4.78 is 5.08. The minimum atomic E-state index is 0.151. The molecule has 1 saturated heterocycles. The number of hydrogen-bond acceptors (Lipinski definition) is 5. The summed E-state index contributed by atoms with van der Waals surface area (Å²) in [5.41, 5.74) is 0. The Morgan fingerprint density at radius 3 is 2.76 bits per heavy atom. The van der Waals surface area contributed by atoms with Crippen LogP contribution in [0.2, 0.25) is 0 Å². The molecule has 0 radical (unpaired) electrons. The molecular weight excluding hydrogens is 220 g/mol. The van der Waals surface area contributed by atoms with E-state index in [0.29, 0.717) is 18.3 Å². The summed E-state index contributed by atoms with van der Waals surface area (Å²) in [5, 5.41) is 6.47. The molecule has 1 fully saturated rings. The normalized spacial score (nSPS) is 18.2. The van der Waals surface area contributed by atoms with Gasteiger partial charge in [0.25, 0.3) is 0 Å². The van der Waals surface area contributed by atoms with E-state index in [9.17, 15) is 4.79 Å². The molecule has 0 bridgehead atoms. The van der Waals surface area contributed by atoms with E-state index in [4.69, 9.17) is 4.52 Å². The van der Waals surface area contributed by atoms with E-state index in [-0.39, 0.29) is 11.8 Å². The molecule has 1 aliphatic rings. The highest BCUT2D eigenvalue weighted by molar-refractivity contribution is 5.78. The lowest BCUT2D eigenvalue weighted by molar-refractivity contribution is -0.125.